The lowest BCUT2D eigenvalue weighted by Crippen LogP contribution is -2.50. The average Bonchev–Trinajstić information content (AvgIpc) is 2.66. The molecule has 2 atom stereocenters. The number of aliphatic hydroxyl groups is 1. The number of aliphatic hydroxyl groups excluding tert-OH is 1. The van der Waals surface area contributed by atoms with Gasteiger partial charge in [-0.2, -0.15) is 13.2 Å². The van der Waals surface area contributed by atoms with Gasteiger partial charge in [0.2, 0.25) is 0 Å². The van der Waals surface area contributed by atoms with E-state index in [9.17, 15) is 23.1 Å². The number of hydrogen-bond acceptors (Lipinski definition) is 4. The number of carbonyl (C=O) groups is 1. The van der Waals surface area contributed by atoms with Crippen molar-refractivity contribution in [3.63, 3.8) is 0 Å². The number of alkyl halides is 3. The molecular formula is C12H20F3NO4. The Morgan fingerprint density at radius 2 is 1.95 bits per heavy atom. The van der Waals surface area contributed by atoms with Gasteiger partial charge in [0.25, 0.3) is 0 Å². The number of likely N-dealkylation sites (tertiary alicyclic amines) is 1. The highest BCUT2D eigenvalue weighted by Gasteiger charge is 2.62. The maximum Gasteiger partial charge on any atom is 0.419 e. The molecule has 5 nitrogen and oxygen atoms in total. The Labute approximate surface area is 115 Å². The third kappa shape index (κ3) is 3.35. The minimum Gasteiger partial charge on any atom is -0.444 e. The zero-order chi connectivity index (χ0) is 15.8. The normalized spacial score (nSPS) is 27.8. The molecule has 1 fully saturated rings. The van der Waals surface area contributed by atoms with E-state index in [4.69, 9.17) is 4.74 Å². The third-order valence-corrected chi connectivity index (χ3v) is 3.18. The lowest BCUT2D eigenvalue weighted by Gasteiger charge is -2.30. The van der Waals surface area contributed by atoms with Crippen LogP contribution in [0.15, 0.2) is 0 Å². The van der Waals surface area contributed by atoms with Gasteiger partial charge in [-0.05, 0) is 20.8 Å². The molecule has 0 saturated carbocycles. The van der Waals surface area contributed by atoms with E-state index in [1.165, 1.54) is 0 Å². The van der Waals surface area contributed by atoms with Gasteiger partial charge in [-0.3, -0.25) is 4.90 Å². The SMILES string of the molecule is CO[C@@]1(C(F)(F)F)C[C@@H](CO)N(C(=O)OC(C)(C)C)C1. The first kappa shape index (κ1) is 17.0. The van der Waals surface area contributed by atoms with Crippen molar-refractivity contribution >= 4 is 6.09 Å². The minimum absolute atomic E-state index is 0.511. The maximum absolute atomic E-state index is 13.1. The van der Waals surface area contributed by atoms with Gasteiger partial charge in [0.05, 0.1) is 19.2 Å². The van der Waals surface area contributed by atoms with Crippen molar-refractivity contribution in [2.75, 3.05) is 20.3 Å². The molecule has 0 bridgehead atoms. The van der Waals surface area contributed by atoms with Crippen molar-refractivity contribution in [1.29, 1.82) is 0 Å². The van der Waals surface area contributed by atoms with E-state index in [1.807, 2.05) is 0 Å². The number of ether oxygens (including phenoxy) is 2. The first-order valence-corrected chi connectivity index (χ1v) is 6.18. The Morgan fingerprint density at radius 3 is 2.30 bits per heavy atom. The topological polar surface area (TPSA) is 59.0 Å². The summed E-state index contributed by atoms with van der Waals surface area (Å²) < 4.78 is 49.0. The molecule has 0 aromatic carbocycles. The van der Waals surface area contributed by atoms with E-state index >= 15 is 0 Å². The highest BCUT2D eigenvalue weighted by molar-refractivity contribution is 5.69. The summed E-state index contributed by atoms with van der Waals surface area (Å²) in [6.45, 7) is 3.57. The van der Waals surface area contributed by atoms with Crippen molar-refractivity contribution in [3.05, 3.63) is 0 Å². The van der Waals surface area contributed by atoms with E-state index in [0.29, 0.717) is 0 Å². The van der Waals surface area contributed by atoms with Gasteiger partial charge >= 0.3 is 12.3 Å². The van der Waals surface area contributed by atoms with Gasteiger partial charge in [-0.25, -0.2) is 4.79 Å². The second kappa shape index (κ2) is 5.40. The molecule has 1 aliphatic heterocycles. The summed E-state index contributed by atoms with van der Waals surface area (Å²) >= 11 is 0. The molecule has 20 heavy (non-hydrogen) atoms. The van der Waals surface area contributed by atoms with Gasteiger partial charge in [0.15, 0.2) is 5.60 Å². The Kier molecular flexibility index (Phi) is 4.60. The first-order chi connectivity index (χ1) is 8.96. The van der Waals surface area contributed by atoms with Gasteiger partial charge in [0, 0.05) is 13.5 Å². The molecule has 0 aromatic rings. The third-order valence-electron chi connectivity index (χ3n) is 3.18. The van der Waals surface area contributed by atoms with Crippen molar-refractivity contribution < 1.29 is 32.5 Å². The second-order valence-electron chi connectivity index (χ2n) is 5.84. The standard InChI is InChI=1S/C12H20F3NO4/c1-10(2,3)20-9(18)16-7-11(19-4,12(13,14)15)5-8(16)6-17/h8,17H,5-7H2,1-4H3/t8-,11-/m0/s1. The molecule has 1 amide bonds. The van der Waals surface area contributed by atoms with Crippen LogP contribution < -0.4 is 0 Å². The average molecular weight is 299 g/mol. The molecule has 1 N–H and O–H groups in total. The van der Waals surface area contributed by atoms with Crippen LogP contribution in [0.2, 0.25) is 0 Å². The van der Waals surface area contributed by atoms with Gasteiger partial charge in [-0.15, -0.1) is 0 Å². The molecule has 1 heterocycles. The molecule has 0 aromatic heterocycles. The monoisotopic (exact) mass is 299 g/mol. The molecule has 0 radical (unpaired) electrons. The molecule has 1 saturated heterocycles. The predicted octanol–water partition coefficient (Wildman–Crippen LogP) is 1.94. The Balaban J connectivity index is 2.96. The number of methoxy groups -OCH3 is 1. The van der Waals surface area contributed by atoms with E-state index in [2.05, 4.69) is 4.74 Å². The van der Waals surface area contributed by atoms with E-state index < -0.39 is 49.1 Å². The fourth-order valence-corrected chi connectivity index (χ4v) is 2.13. The van der Waals surface area contributed by atoms with E-state index in [-0.39, 0.29) is 0 Å². The zero-order valence-corrected chi connectivity index (χ0v) is 12.0. The number of nitrogens with zero attached hydrogens (tertiary/aromatic N) is 1. The first-order valence-electron chi connectivity index (χ1n) is 6.18. The fraction of sp³-hybridized carbons (Fsp3) is 0.917. The maximum atomic E-state index is 13.1. The number of hydrogen-bond donors (Lipinski definition) is 1. The van der Waals surface area contributed by atoms with Crippen LogP contribution in [0.4, 0.5) is 18.0 Å². The van der Waals surface area contributed by atoms with Crippen LogP contribution in [-0.4, -0.2) is 59.8 Å². The highest BCUT2D eigenvalue weighted by Crippen LogP contribution is 2.43. The molecule has 0 spiro atoms. The van der Waals surface area contributed by atoms with Gasteiger partial charge < -0.3 is 14.6 Å². The van der Waals surface area contributed by atoms with Crippen molar-refractivity contribution in [2.45, 2.75) is 50.6 Å². The number of amides is 1. The van der Waals surface area contributed by atoms with Crippen LogP contribution in [0.3, 0.4) is 0 Å². The predicted molar refractivity (Wildman–Crippen MR) is 64.2 cm³/mol. The number of carbonyl (C=O) groups excluding carboxylic acids is 1. The Hall–Kier alpha value is -1.02. The van der Waals surface area contributed by atoms with Crippen LogP contribution in [0.5, 0.6) is 0 Å². The molecule has 0 unspecified atom stereocenters. The van der Waals surface area contributed by atoms with E-state index in [1.54, 1.807) is 20.8 Å². The molecule has 1 aliphatic rings. The van der Waals surface area contributed by atoms with Crippen molar-refractivity contribution in [2.24, 2.45) is 0 Å². The minimum atomic E-state index is -4.63. The molecule has 8 heteroatoms. The Morgan fingerprint density at radius 1 is 1.40 bits per heavy atom. The summed E-state index contributed by atoms with van der Waals surface area (Å²) in [4.78, 5) is 12.8. The van der Waals surface area contributed by atoms with Crippen LogP contribution in [0, 0.1) is 0 Å². The van der Waals surface area contributed by atoms with Crippen molar-refractivity contribution in [3.8, 4) is 0 Å². The van der Waals surface area contributed by atoms with Gasteiger partial charge in [-0.1, -0.05) is 0 Å². The largest absolute Gasteiger partial charge is 0.444 e. The Bertz CT molecular complexity index is 367. The van der Waals surface area contributed by atoms with Crippen LogP contribution >= 0.6 is 0 Å². The number of halogens is 3. The molecular weight excluding hydrogens is 279 g/mol. The lowest BCUT2D eigenvalue weighted by molar-refractivity contribution is -0.263. The van der Waals surface area contributed by atoms with Crippen LogP contribution in [-0.2, 0) is 9.47 Å². The summed E-state index contributed by atoms with van der Waals surface area (Å²) in [6, 6.07) is -0.980. The second-order valence-corrected chi connectivity index (χ2v) is 5.84. The van der Waals surface area contributed by atoms with Crippen molar-refractivity contribution in [1.82, 2.24) is 4.90 Å². The highest BCUT2D eigenvalue weighted by atomic mass is 19.4. The van der Waals surface area contributed by atoms with E-state index in [0.717, 1.165) is 12.0 Å². The summed E-state index contributed by atoms with van der Waals surface area (Å²) in [7, 11) is 0.945. The summed E-state index contributed by atoms with van der Waals surface area (Å²) in [5, 5.41) is 9.20. The van der Waals surface area contributed by atoms with Crippen LogP contribution in [0.25, 0.3) is 0 Å². The van der Waals surface area contributed by atoms with Gasteiger partial charge in [0.1, 0.15) is 5.60 Å². The smallest absolute Gasteiger partial charge is 0.419 e. The molecule has 118 valence electrons. The summed E-state index contributed by atoms with van der Waals surface area (Å²) in [6.07, 6.45) is -6.03. The van der Waals surface area contributed by atoms with Crippen LogP contribution in [0.1, 0.15) is 27.2 Å². The molecule has 0 aliphatic carbocycles. The summed E-state index contributed by atoms with van der Waals surface area (Å²) in [5.41, 5.74) is -3.29. The zero-order valence-electron chi connectivity index (χ0n) is 12.0. The molecule has 1 rings (SSSR count). The lowest BCUT2D eigenvalue weighted by atomic mass is 9.99. The summed E-state index contributed by atoms with van der Waals surface area (Å²) in [5.74, 6) is 0. The number of rotatable bonds is 2. The quantitative estimate of drug-likeness (QED) is 0.846. The fourth-order valence-electron chi connectivity index (χ4n) is 2.13.